The molecule has 1 unspecified atom stereocenters. The Kier molecular flexibility index (Phi) is 5.30. The number of likely N-dealkylation sites (N-methyl/N-ethyl adjacent to an activating group) is 1. The van der Waals surface area contributed by atoms with Crippen molar-refractivity contribution in [1.29, 1.82) is 0 Å². The smallest absolute Gasteiger partial charge is 0.241 e. The van der Waals surface area contributed by atoms with Crippen LogP contribution < -0.4 is 5.32 Å². The van der Waals surface area contributed by atoms with Crippen LogP contribution in [0.4, 0.5) is 5.69 Å². The van der Waals surface area contributed by atoms with Crippen LogP contribution in [-0.2, 0) is 4.79 Å². The van der Waals surface area contributed by atoms with Crippen molar-refractivity contribution < 1.29 is 4.79 Å². The van der Waals surface area contributed by atoms with Crippen molar-refractivity contribution >= 4 is 34.1 Å². The van der Waals surface area contributed by atoms with Crippen LogP contribution in [0.25, 0.3) is 22.2 Å². The van der Waals surface area contributed by atoms with Crippen LogP contribution in [-0.4, -0.2) is 69.9 Å². The lowest BCUT2D eigenvalue weighted by molar-refractivity contribution is -0.121. The quantitative estimate of drug-likeness (QED) is 0.661. The van der Waals surface area contributed by atoms with Gasteiger partial charge in [0, 0.05) is 49.5 Å². The molecule has 8 heteroatoms. The van der Waals surface area contributed by atoms with Gasteiger partial charge >= 0.3 is 0 Å². The van der Waals surface area contributed by atoms with Crippen LogP contribution in [0.15, 0.2) is 36.7 Å². The van der Waals surface area contributed by atoms with E-state index in [0.717, 1.165) is 54.0 Å². The largest absolute Gasteiger partial charge is 0.359 e. The zero-order valence-corrected chi connectivity index (χ0v) is 16.7. The molecule has 3 aromatic rings. The van der Waals surface area contributed by atoms with Gasteiger partial charge in [-0.05, 0) is 37.7 Å². The minimum Gasteiger partial charge on any atom is -0.359 e. The molecule has 2 N–H and O–H groups in total. The van der Waals surface area contributed by atoms with Crippen molar-refractivity contribution in [2.24, 2.45) is 0 Å². The van der Waals surface area contributed by atoms with Gasteiger partial charge in [0.2, 0.25) is 11.2 Å². The van der Waals surface area contributed by atoms with Crippen LogP contribution in [0.2, 0.25) is 5.28 Å². The van der Waals surface area contributed by atoms with Crippen molar-refractivity contribution in [3.05, 3.63) is 41.9 Å². The third-order valence-corrected chi connectivity index (χ3v) is 5.52. The highest BCUT2D eigenvalue weighted by Crippen LogP contribution is 2.31. The molecule has 28 heavy (non-hydrogen) atoms. The first kappa shape index (κ1) is 18.9. The summed E-state index contributed by atoms with van der Waals surface area (Å²) in [7, 11) is 2.11. The number of amides is 1. The van der Waals surface area contributed by atoms with Gasteiger partial charge in [0.1, 0.15) is 0 Å². The van der Waals surface area contributed by atoms with E-state index < -0.39 is 0 Å². The van der Waals surface area contributed by atoms with Gasteiger partial charge in [0.05, 0.1) is 22.9 Å². The predicted molar refractivity (Wildman–Crippen MR) is 111 cm³/mol. The Bertz CT molecular complexity index is 995. The molecule has 1 amide bonds. The molecule has 4 rings (SSSR count). The number of nitrogens with one attached hydrogen (secondary N) is 2. The standard InChI is InChI=1S/C20H23ClN6O/c1-13(27-10-8-26(2)9-11-27)19(28)24-17-5-3-4-14-15(12-23-18(14)17)16-6-7-22-20(21)25-16/h3-7,12-13,23H,8-11H2,1-2H3,(H,24,28). The van der Waals surface area contributed by atoms with Gasteiger partial charge in [-0.1, -0.05) is 12.1 Å². The number of hydrogen-bond donors (Lipinski definition) is 2. The maximum atomic E-state index is 12.8. The summed E-state index contributed by atoms with van der Waals surface area (Å²) >= 11 is 5.93. The zero-order chi connectivity index (χ0) is 19.7. The highest BCUT2D eigenvalue weighted by Gasteiger charge is 2.25. The minimum atomic E-state index is -0.181. The van der Waals surface area contributed by atoms with E-state index in [-0.39, 0.29) is 17.2 Å². The minimum absolute atomic E-state index is 0.00159. The number of benzene rings is 1. The maximum absolute atomic E-state index is 12.8. The number of para-hydroxylation sites is 1. The molecule has 1 saturated heterocycles. The van der Waals surface area contributed by atoms with E-state index in [2.05, 4.69) is 37.1 Å². The molecule has 3 heterocycles. The van der Waals surface area contributed by atoms with Crippen molar-refractivity contribution in [3.63, 3.8) is 0 Å². The molecule has 7 nitrogen and oxygen atoms in total. The molecule has 0 aliphatic carbocycles. The number of aromatic amines is 1. The first-order valence-corrected chi connectivity index (χ1v) is 9.73. The molecule has 146 valence electrons. The van der Waals surface area contributed by atoms with E-state index in [0.29, 0.717) is 0 Å². The Morgan fingerprint density at radius 1 is 1.25 bits per heavy atom. The number of nitrogens with zero attached hydrogens (tertiary/aromatic N) is 4. The summed E-state index contributed by atoms with van der Waals surface area (Å²) in [6, 6.07) is 7.47. The number of rotatable bonds is 4. The fourth-order valence-electron chi connectivity index (χ4n) is 3.57. The molecule has 1 aliphatic heterocycles. The number of fused-ring (bicyclic) bond motifs is 1. The number of hydrogen-bond acceptors (Lipinski definition) is 5. The van der Waals surface area contributed by atoms with Gasteiger partial charge in [0.25, 0.3) is 0 Å². The third-order valence-electron chi connectivity index (χ3n) is 5.34. The number of anilines is 1. The first-order chi connectivity index (χ1) is 13.5. The molecule has 1 fully saturated rings. The van der Waals surface area contributed by atoms with Crippen LogP contribution in [0.1, 0.15) is 6.92 Å². The van der Waals surface area contributed by atoms with E-state index >= 15 is 0 Å². The highest BCUT2D eigenvalue weighted by atomic mass is 35.5. The molecular weight excluding hydrogens is 376 g/mol. The molecule has 1 aliphatic rings. The SMILES string of the molecule is CC(C(=O)Nc1cccc2c(-c3ccnc(Cl)n3)c[nH]c12)N1CCN(C)CC1. The Hall–Kier alpha value is -2.48. The first-order valence-electron chi connectivity index (χ1n) is 9.35. The van der Waals surface area contributed by atoms with Gasteiger partial charge in [-0.25, -0.2) is 9.97 Å². The van der Waals surface area contributed by atoms with Crippen LogP contribution in [0.5, 0.6) is 0 Å². The average Bonchev–Trinajstić information content (AvgIpc) is 3.13. The number of carbonyl (C=O) groups is 1. The summed E-state index contributed by atoms with van der Waals surface area (Å²) in [6.07, 6.45) is 3.51. The van der Waals surface area contributed by atoms with Crippen molar-refractivity contribution in [2.75, 3.05) is 38.5 Å². The molecule has 0 saturated carbocycles. The van der Waals surface area contributed by atoms with Crippen molar-refractivity contribution in [2.45, 2.75) is 13.0 Å². The van der Waals surface area contributed by atoms with E-state index in [1.54, 1.807) is 6.20 Å². The maximum Gasteiger partial charge on any atom is 0.241 e. The van der Waals surface area contributed by atoms with Crippen LogP contribution in [0, 0.1) is 0 Å². The predicted octanol–water partition coefficient (Wildman–Crippen LogP) is 2.85. The highest BCUT2D eigenvalue weighted by molar-refractivity contribution is 6.28. The van der Waals surface area contributed by atoms with Gasteiger partial charge in [-0.15, -0.1) is 0 Å². The Morgan fingerprint density at radius 2 is 2.04 bits per heavy atom. The summed E-state index contributed by atoms with van der Waals surface area (Å²) in [5.74, 6) is -0.00159. The van der Waals surface area contributed by atoms with Crippen LogP contribution in [0.3, 0.4) is 0 Å². The fourth-order valence-corrected chi connectivity index (χ4v) is 3.71. The Morgan fingerprint density at radius 3 is 2.79 bits per heavy atom. The lowest BCUT2D eigenvalue weighted by atomic mass is 10.1. The second kappa shape index (κ2) is 7.87. The van der Waals surface area contributed by atoms with Crippen molar-refractivity contribution in [1.82, 2.24) is 24.8 Å². The van der Waals surface area contributed by atoms with Crippen LogP contribution >= 0.6 is 11.6 Å². The second-order valence-corrected chi connectivity index (χ2v) is 7.48. The molecular formula is C20H23ClN6O. The summed E-state index contributed by atoms with van der Waals surface area (Å²) < 4.78 is 0. The lowest BCUT2D eigenvalue weighted by Crippen LogP contribution is -2.51. The normalized spacial score (nSPS) is 17.0. The van der Waals surface area contributed by atoms with Gasteiger partial charge in [0.15, 0.2) is 0 Å². The van der Waals surface area contributed by atoms with E-state index in [4.69, 9.17) is 11.6 Å². The fraction of sp³-hybridized carbons (Fsp3) is 0.350. The summed E-state index contributed by atoms with van der Waals surface area (Å²) in [6.45, 7) is 5.72. The lowest BCUT2D eigenvalue weighted by Gasteiger charge is -2.35. The number of piperazine rings is 1. The topological polar surface area (TPSA) is 77.1 Å². The average molecular weight is 399 g/mol. The Balaban J connectivity index is 1.57. The summed E-state index contributed by atoms with van der Waals surface area (Å²) in [5.41, 5.74) is 3.28. The van der Waals surface area contributed by atoms with E-state index in [9.17, 15) is 4.79 Å². The Labute approximate surface area is 168 Å². The number of carbonyl (C=O) groups excluding carboxylic acids is 1. The number of halogens is 1. The van der Waals surface area contributed by atoms with Gasteiger partial charge in [-0.3, -0.25) is 9.69 Å². The summed E-state index contributed by atoms with van der Waals surface area (Å²) in [5, 5.41) is 4.26. The molecule has 0 spiro atoms. The zero-order valence-electron chi connectivity index (χ0n) is 15.9. The molecule has 1 aromatic carbocycles. The van der Waals surface area contributed by atoms with Gasteiger partial charge in [-0.2, -0.15) is 0 Å². The third kappa shape index (κ3) is 3.73. The molecule has 0 radical (unpaired) electrons. The van der Waals surface area contributed by atoms with E-state index in [1.807, 2.05) is 37.4 Å². The molecule has 1 atom stereocenters. The van der Waals surface area contributed by atoms with Gasteiger partial charge < -0.3 is 15.2 Å². The van der Waals surface area contributed by atoms with Crippen molar-refractivity contribution in [3.8, 4) is 11.3 Å². The molecule has 0 bridgehead atoms. The number of aromatic nitrogens is 3. The summed E-state index contributed by atoms with van der Waals surface area (Å²) in [4.78, 5) is 28.8. The number of H-pyrrole nitrogens is 1. The monoisotopic (exact) mass is 398 g/mol. The molecule has 2 aromatic heterocycles. The van der Waals surface area contributed by atoms with E-state index in [1.165, 1.54) is 0 Å². The second-order valence-electron chi connectivity index (χ2n) is 7.15.